The van der Waals surface area contributed by atoms with Crippen molar-refractivity contribution in [2.45, 2.75) is 70.8 Å². The molecule has 0 aliphatic carbocycles. The number of tetrazole rings is 1. The Labute approximate surface area is 170 Å². The molecule has 2 aromatic rings. The number of halogens is 1. The molecule has 28 heavy (non-hydrogen) atoms. The van der Waals surface area contributed by atoms with Crippen LogP contribution in [0.1, 0.15) is 46.4 Å². The van der Waals surface area contributed by atoms with Crippen molar-refractivity contribution in [1.82, 2.24) is 30.8 Å². The van der Waals surface area contributed by atoms with Crippen LogP contribution in [-0.2, 0) is 17.9 Å². The lowest BCUT2D eigenvalue weighted by Gasteiger charge is -2.46. The van der Waals surface area contributed by atoms with Crippen LogP contribution >= 0.6 is 11.6 Å². The summed E-state index contributed by atoms with van der Waals surface area (Å²) in [5.74, 6) is 0.883. The Morgan fingerprint density at radius 2 is 1.96 bits per heavy atom. The largest absolute Gasteiger partial charge is 0.484 e. The van der Waals surface area contributed by atoms with Gasteiger partial charge in [0.1, 0.15) is 18.9 Å². The average molecular weight is 407 g/mol. The maximum Gasteiger partial charge on any atom is 0.242 e. The first-order chi connectivity index (χ1) is 13.1. The second-order valence-electron chi connectivity index (χ2n) is 8.54. The molecule has 2 N–H and O–H groups in total. The lowest BCUT2D eigenvalue weighted by molar-refractivity contribution is -0.123. The molecule has 9 heteroatoms. The van der Waals surface area contributed by atoms with Gasteiger partial charge in [-0.05, 0) is 63.1 Å². The zero-order valence-corrected chi connectivity index (χ0v) is 17.5. The van der Waals surface area contributed by atoms with E-state index in [4.69, 9.17) is 16.3 Å². The van der Waals surface area contributed by atoms with Crippen molar-refractivity contribution in [2.24, 2.45) is 0 Å². The molecule has 1 amide bonds. The van der Waals surface area contributed by atoms with Crippen LogP contribution in [0, 0.1) is 0 Å². The van der Waals surface area contributed by atoms with Crippen LogP contribution in [0.2, 0.25) is 5.02 Å². The third kappa shape index (κ3) is 5.42. The number of hydrogen-bond donors (Lipinski definition) is 2. The molecule has 1 fully saturated rings. The Kier molecular flexibility index (Phi) is 5.90. The molecule has 1 aromatic heterocycles. The van der Waals surface area contributed by atoms with E-state index in [2.05, 4.69) is 53.9 Å². The van der Waals surface area contributed by atoms with E-state index in [1.165, 1.54) is 4.68 Å². The van der Waals surface area contributed by atoms with Gasteiger partial charge in [0.15, 0.2) is 5.82 Å². The monoisotopic (exact) mass is 406 g/mol. The molecule has 0 radical (unpaired) electrons. The minimum absolute atomic E-state index is 0.0392. The van der Waals surface area contributed by atoms with E-state index in [1.54, 1.807) is 12.1 Å². The summed E-state index contributed by atoms with van der Waals surface area (Å²) in [6.45, 7) is 8.77. The summed E-state index contributed by atoms with van der Waals surface area (Å²) in [6.07, 6.45) is 1.72. The number of rotatable bonds is 6. The fourth-order valence-electron chi connectivity index (χ4n) is 3.99. The molecule has 3 rings (SSSR count). The molecule has 0 spiro atoms. The minimum atomic E-state index is -0.121. The first-order valence-electron chi connectivity index (χ1n) is 9.35. The minimum Gasteiger partial charge on any atom is -0.484 e. The Balaban J connectivity index is 1.58. The molecule has 0 atom stereocenters. The predicted molar refractivity (Wildman–Crippen MR) is 106 cm³/mol. The van der Waals surface area contributed by atoms with Crippen LogP contribution in [0.15, 0.2) is 24.3 Å². The quantitative estimate of drug-likeness (QED) is 0.764. The second-order valence-corrected chi connectivity index (χ2v) is 8.94. The van der Waals surface area contributed by atoms with Gasteiger partial charge in [-0.3, -0.25) is 4.79 Å². The van der Waals surface area contributed by atoms with E-state index in [0.717, 1.165) is 12.8 Å². The maximum absolute atomic E-state index is 12.6. The molecule has 1 aromatic carbocycles. The summed E-state index contributed by atoms with van der Waals surface area (Å²) < 4.78 is 7.12. The number of hydrogen-bond acceptors (Lipinski definition) is 6. The average Bonchev–Trinajstić information content (AvgIpc) is 2.98. The summed E-state index contributed by atoms with van der Waals surface area (Å²) in [4.78, 5) is 12.6. The molecular formula is C19H27ClN6O2. The summed E-state index contributed by atoms with van der Waals surface area (Å²) >= 11 is 6.09. The normalized spacial score (nSPS) is 18.6. The first-order valence-corrected chi connectivity index (χ1v) is 9.72. The summed E-state index contributed by atoms with van der Waals surface area (Å²) in [6, 6.07) is 7.27. The van der Waals surface area contributed by atoms with Crippen LogP contribution < -0.4 is 15.4 Å². The molecule has 0 saturated carbocycles. The molecule has 0 bridgehead atoms. The van der Waals surface area contributed by atoms with E-state index in [1.807, 2.05) is 12.1 Å². The Morgan fingerprint density at radius 3 is 2.64 bits per heavy atom. The number of aromatic nitrogens is 4. The third-order valence-electron chi connectivity index (χ3n) is 4.65. The smallest absolute Gasteiger partial charge is 0.242 e. The highest BCUT2D eigenvalue weighted by atomic mass is 35.5. The number of para-hydroxylation sites is 1. The molecular weight excluding hydrogens is 380 g/mol. The van der Waals surface area contributed by atoms with Crippen LogP contribution in [-0.4, -0.2) is 43.2 Å². The standard InChI is InChI=1S/C19H27ClN6O2/c1-18(2)9-13(10-19(3,4)23-18)21-17(27)11-26-16(22-24-25-26)12-28-15-8-6-5-7-14(15)20/h5-8,13,23H,9-12H2,1-4H3,(H,21,27). The van der Waals surface area contributed by atoms with Crippen LogP contribution in [0.5, 0.6) is 5.75 Å². The third-order valence-corrected chi connectivity index (χ3v) is 4.96. The van der Waals surface area contributed by atoms with Crippen molar-refractivity contribution < 1.29 is 9.53 Å². The van der Waals surface area contributed by atoms with Gasteiger partial charge in [0.05, 0.1) is 5.02 Å². The van der Waals surface area contributed by atoms with Gasteiger partial charge in [-0.1, -0.05) is 23.7 Å². The van der Waals surface area contributed by atoms with Gasteiger partial charge in [-0.2, -0.15) is 0 Å². The number of benzene rings is 1. The molecule has 1 aliphatic rings. The summed E-state index contributed by atoms with van der Waals surface area (Å²) in [5.41, 5.74) is -0.0785. The highest BCUT2D eigenvalue weighted by Gasteiger charge is 2.38. The highest BCUT2D eigenvalue weighted by molar-refractivity contribution is 6.32. The molecule has 1 saturated heterocycles. The number of amides is 1. The molecule has 8 nitrogen and oxygen atoms in total. The van der Waals surface area contributed by atoms with Gasteiger partial charge in [-0.25, -0.2) is 4.68 Å². The van der Waals surface area contributed by atoms with E-state index in [-0.39, 0.29) is 36.2 Å². The summed E-state index contributed by atoms with van der Waals surface area (Å²) in [7, 11) is 0. The van der Waals surface area contributed by atoms with E-state index >= 15 is 0 Å². The highest BCUT2D eigenvalue weighted by Crippen LogP contribution is 2.28. The van der Waals surface area contributed by atoms with Crippen molar-refractivity contribution >= 4 is 17.5 Å². The van der Waals surface area contributed by atoms with Crippen molar-refractivity contribution in [1.29, 1.82) is 0 Å². The van der Waals surface area contributed by atoms with E-state index in [9.17, 15) is 4.79 Å². The van der Waals surface area contributed by atoms with Crippen molar-refractivity contribution in [2.75, 3.05) is 0 Å². The van der Waals surface area contributed by atoms with Crippen LogP contribution in [0.25, 0.3) is 0 Å². The van der Waals surface area contributed by atoms with E-state index in [0.29, 0.717) is 16.6 Å². The van der Waals surface area contributed by atoms with Crippen LogP contribution in [0.4, 0.5) is 0 Å². The molecule has 0 unspecified atom stereocenters. The fourth-order valence-corrected chi connectivity index (χ4v) is 4.18. The molecule has 152 valence electrons. The molecule has 2 heterocycles. The number of ether oxygens (including phenoxy) is 1. The zero-order valence-electron chi connectivity index (χ0n) is 16.7. The van der Waals surface area contributed by atoms with E-state index < -0.39 is 0 Å². The number of piperidine rings is 1. The second kappa shape index (κ2) is 8.05. The van der Waals surface area contributed by atoms with Crippen molar-refractivity contribution in [3.63, 3.8) is 0 Å². The van der Waals surface area contributed by atoms with Crippen LogP contribution in [0.3, 0.4) is 0 Å². The lowest BCUT2D eigenvalue weighted by Crippen LogP contribution is -2.62. The van der Waals surface area contributed by atoms with Crippen molar-refractivity contribution in [3.8, 4) is 5.75 Å². The molecule has 1 aliphatic heterocycles. The van der Waals surface area contributed by atoms with Gasteiger partial charge < -0.3 is 15.4 Å². The first kappa shape index (κ1) is 20.5. The Bertz CT molecular complexity index is 819. The Morgan fingerprint density at radius 1 is 1.29 bits per heavy atom. The number of nitrogens with zero attached hydrogens (tertiary/aromatic N) is 4. The fraction of sp³-hybridized carbons (Fsp3) is 0.579. The van der Waals surface area contributed by atoms with Gasteiger partial charge in [0.25, 0.3) is 0 Å². The number of carbonyl (C=O) groups excluding carboxylic acids is 1. The topological polar surface area (TPSA) is 94.0 Å². The SMILES string of the molecule is CC1(C)CC(NC(=O)Cn2nnnc2COc2ccccc2Cl)CC(C)(C)N1. The predicted octanol–water partition coefficient (Wildman–Crippen LogP) is 2.33. The number of carbonyl (C=O) groups is 1. The van der Waals surface area contributed by atoms with Gasteiger partial charge in [0.2, 0.25) is 5.91 Å². The van der Waals surface area contributed by atoms with Crippen molar-refractivity contribution in [3.05, 3.63) is 35.1 Å². The lowest BCUT2D eigenvalue weighted by atomic mass is 9.79. The van der Waals surface area contributed by atoms with Gasteiger partial charge in [-0.15, -0.1) is 5.10 Å². The summed E-state index contributed by atoms with van der Waals surface area (Å²) in [5, 5.41) is 18.8. The maximum atomic E-state index is 12.6. The van der Waals surface area contributed by atoms with Gasteiger partial charge in [0, 0.05) is 17.1 Å². The number of nitrogens with one attached hydrogen (secondary N) is 2. The van der Waals surface area contributed by atoms with Gasteiger partial charge >= 0.3 is 0 Å². The Hall–Kier alpha value is -2.19. The zero-order chi connectivity index (χ0) is 20.4.